The van der Waals surface area contributed by atoms with E-state index in [1.807, 2.05) is 31.2 Å². The van der Waals surface area contributed by atoms with Gasteiger partial charge in [0.05, 0.1) is 11.9 Å². The van der Waals surface area contributed by atoms with Gasteiger partial charge in [-0.2, -0.15) is 9.61 Å². The number of fused-ring (bicyclic) bond motifs is 1. The SMILES string of the molecule is Cc1nnc2nc(-c3ccc(Br)cc3)cnn12. The van der Waals surface area contributed by atoms with E-state index >= 15 is 0 Å². The molecule has 0 saturated heterocycles. The molecule has 0 N–H and O–H groups in total. The lowest BCUT2D eigenvalue weighted by molar-refractivity contribution is 0.859. The average molecular weight is 290 g/mol. The van der Waals surface area contributed by atoms with Gasteiger partial charge in [0.25, 0.3) is 5.78 Å². The zero-order valence-corrected chi connectivity index (χ0v) is 10.6. The van der Waals surface area contributed by atoms with Crippen molar-refractivity contribution in [3.05, 3.63) is 40.8 Å². The van der Waals surface area contributed by atoms with E-state index in [1.165, 1.54) is 0 Å². The van der Waals surface area contributed by atoms with E-state index in [2.05, 4.69) is 36.2 Å². The number of rotatable bonds is 1. The number of hydrogen-bond acceptors (Lipinski definition) is 4. The van der Waals surface area contributed by atoms with E-state index in [1.54, 1.807) is 10.7 Å². The van der Waals surface area contributed by atoms with Gasteiger partial charge in [-0.1, -0.05) is 28.1 Å². The van der Waals surface area contributed by atoms with E-state index in [-0.39, 0.29) is 0 Å². The number of hydrogen-bond donors (Lipinski definition) is 0. The molecule has 2 heterocycles. The summed E-state index contributed by atoms with van der Waals surface area (Å²) in [7, 11) is 0. The van der Waals surface area contributed by atoms with Crippen molar-refractivity contribution >= 4 is 21.7 Å². The summed E-state index contributed by atoms with van der Waals surface area (Å²) in [5.41, 5.74) is 1.79. The largest absolute Gasteiger partial charge is 0.272 e. The highest BCUT2D eigenvalue weighted by Crippen LogP contribution is 2.19. The van der Waals surface area contributed by atoms with Crippen LogP contribution in [0.1, 0.15) is 5.82 Å². The first-order valence-electron chi connectivity index (χ1n) is 5.05. The van der Waals surface area contributed by atoms with Crippen LogP contribution < -0.4 is 0 Å². The smallest absolute Gasteiger partial charge is 0.208 e. The summed E-state index contributed by atoms with van der Waals surface area (Å²) < 4.78 is 2.65. The highest BCUT2D eigenvalue weighted by molar-refractivity contribution is 9.10. The molecular formula is C11H8BrN5. The Morgan fingerprint density at radius 2 is 1.88 bits per heavy atom. The summed E-state index contributed by atoms with van der Waals surface area (Å²) in [6.07, 6.45) is 1.71. The van der Waals surface area contributed by atoms with Crippen LogP contribution in [-0.2, 0) is 0 Å². The molecule has 0 spiro atoms. The molecule has 0 bridgehead atoms. The Labute approximate surface area is 106 Å². The Morgan fingerprint density at radius 1 is 1.12 bits per heavy atom. The number of halogens is 1. The monoisotopic (exact) mass is 289 g/mol. The Balaban J connectivity index is 2.14. The van der Waals surface area contributed by atoms with Crippen LogP contribution in [0.2, 0.25) is 0 Å². The first-order chi connectivity index (χ1) is 8.24. The molecule has 0 radical (unpaired) electrons. The normalized spacial score (nSPS) is 10.9. The van der Waals surface area contributed by atoms with Gasteiger partial charge in [-0.25, -0.2) is 4.98 Å². The topological polar surface area (TPSA) is 56.0 Å². The van der Waals surface area contributed by atoms with Gasteiger partial charge in [0.15, 0.2) is 5.82 Å². The molecular weight excluding hydrogens is 282 g/mol. The van der Waals surface area contributed by atoms with Crippen molar-refractivity contribution in [2.75, 3.05) is 0 Å². The van der Waals surface area contributed by atoms with Crippen molar-refractivity contribution in [1.82, 2.24) is 24.8 Å². The molecule has 3 rings (SSSR count). The fraction of sp³-hybridized carbons (Fsp3) is 0.0909. The van der Waals surface area contributed by atoms with Gasteiger partial charge < -0.3 is 0 Å². The second-order valence-corrected chi connectivity index (χ2v) is 4.52. The zero-order chi connectivity index (χ0) is 11.8. The van der Waals surface area contributed by atoms with Gasteiger partial charge in [0.1, 0.15) is 0 Å². The first kappa shape index (κ1) is 10.3. The van der Waals surface area contributed by atoms with E-state index in [0.29, 0.717) is 5.78 Å². The van der Waals surface area contributed by atoms with Crippen LogP contribution in [0.5, 0.6) is 0 Å². The van der Waals surface area contributed by atoms with Gasteiger partial charge in [0.2, 0.25) is 0 Å². The van der Waals surface area contributed by atoms with Crippen molar-refractivity contribution in [2.45, 2.75) is 6.92 Å². The maximum atomic E-state index is 4.41. The van der Waals surface area contributed by atoms with Crippen LogP contribution in [-0.4, -0.2) is 24.8 Å². The zero-order valence-electron chi connectivity index (χ0n) is 9.00. The van der Waals surface area contributed by atoms with Crippen molar-refractivity contribution < 1.29 is 0 Å². The number of aryl methyl sites for hydroxylation is 1. The number of aromatic nitrogens is 5. The lowest BCUT2D eigenvalue weighted by atomic mass is 10.2. The van der Waals surface area contributed by atoms with Gasteiger partial charge >= 0.3 is 0 Å². The van der Waals surface area contributed by atoms with Crippen LogP contribution >= 0.6 is 15.9 Å². The average Bonchev–Trinajstić information content (AvgIpc) is 2.72. The van der Waals surface area contributed by atoms with Crippen molar-refractivity contribution in [3.8, 4) is 11.3 Å². The molecule has 6 heteroatoms. The second-order valence-electron chi connectivity index (χ2n) is 3.61. The molecule has 5 nitrogen and oxygen atoms in total. The molecule has 0 atom stereocenters. The maximum absolute atomic E-state index is 4.41. The van der Waals surface area contributed by atoms with E-state index in [4.69, 9.17) is 0 Å². The fourth-order valence-electron chi connectivity index (χ4n) is 1.56. The third kappa shape index (κ3) is 1.80. The van der Waals surface area contributed by atoms with E-state index < -0.39 is 0 Å². The molecule has 0 fully saturated rings. The Morgan fingerprint density at radius 3 is 2.65 bits per heavy atom. The summed E-state index contributed by atoms with van der Waals surface area (Å²) in [5.74, 6) is 1.25. The number of nitrogens with zero attached hydrogens (tertiary/aromatic N) is 5. The van der Waals surface area contributed by atoms with E-state index in [0.717, 1.165) is 21.6 Å². The molecule has 0 amide bonds. The number of benzene rings is 1. The molecule has 0 saturated carbocycles. The van der Waals surface area contributed by atoms with Crippen molar-refractivity contribution in [2.24, 2.45) is 0 Å². The predicted octanol–water partition coefficient (Wildman–Crippen LogP) is 2.26. The molecule has 1 aromatic carbocycles. The molecule has 0 unspecified atom stereocenters. The summed E-state index contributed by atoms with van der Waals surface area (Å²) in [4.78, 5) is 4.41. The first-order valence-corrected chi connectivity index (χ1v) is 5.84. The van der Waals surface area contributed by atoms with Crippen LogP contribution in [0.3, 0.4) is 0 Å². The van der Waals surface area contributed by atoms with Gasteiger partial charge in [-0.05, 0) is 19.1 Å². The maximum Gasteiger partial charge on any atom is 0.272 e. The fourth-order valence-corrected chi connectivity index (χ4v) is 1.82. The van der Waals surface area contributed by atoms with Crippen LogP contribution in [0.25, 0.3) is 17.0 Å². The molecule has 0 aliphatic heterocycles. The molecule has 0 aliphatic rings. The lowest BCUT2D eigenvalue weighted by Gasteiger charge is -2.00. The molecule has 84 valence electrons. The minimum absolute atomic E-state index is 0.517. The Hall–Kier alpha value is -1.82. The molecule has 0 aliphatic carbocycles. The van der Waals surface area contributed by atoms with Gasteiger partial charge in [-0.3, -0.25) is 0 Å². The minimum Gasteiger partial charge on any atom is -0.208 e. The second kappa shape index (κ2) is 3.89. The summed E-state index contributed by atoms with van der Waals surface area (Å²) in [6, 6.07) is 7.90. The summed E-state index contributed by atoms with van der Waals surface area (Å²) in [5, 5.41) is 12.1. The Kier molecular flexibility index (Phi) is 2.36. The van der Waals surface area contributed by atoms with Crippen LogP contribution in [0.15, 0.2) is 34.9 Å². The predicted molar refractivity (Wildman–Crippen MR) is 66.5 cm³/mol. The minimum atomic E-state index is 0.517. The third-order valence-electron chi connectivity index (χ3n) is 2.44. The van der Waals surface area contributed by atoms with Crippen LogP contribution in [0.4, 0.5) is 0 Å². The Bertz CT molecular complexity index is 674. The quantitative estimate of drug-likeness (QED) is 0.690. The molecule has 2 aromatic heterocycles. The van der Waals surface area contributed by atoms with E-state index in [9.17, 15) is 0 Å². The van der Waals surface area contributed by atoms with Crippen molar-refractivity contribution in [1.29, 1.82) is 0 Å². The lowest BCUT2D eigenvalue weighted by Crippen LogP contribution is -1.97. The third-order valence-corrected chi connectivity index (χ3v) is 2.96. The molecule has 17 heavy (non-hydrogen) atoms. The standard InChI is InChI=1S/C11H8BrN5/c1-7-15-16-11-14-10(6-13-17(7)11)8-2-4-9(12)5-3-8/h2-6H,1H3. The van der Waals surface area contributed by atoms with Gasteiger partial charge in [-0.15, -0.1) is 10.2 Å². The highest BCUT2D eigenvalue weighted by Gasteiger charge is 2.06. The molecule has 3 aromatic rings. The van der Waals surface area contributed by atoms with Gasteiger partial charge in [0, 0.05) is 10.0 Å². The van der Waals surface area contributed by atoms with Crippen molar-refractivity contribution in [3.63, 3.8) is 0 Å². The highest BCUT2D eigenvalue weighted by atomic mass is 79.9. The summed E-state index contributed by atoms with van der Waals surface area (Å²) in [6.45, 7) is 1.84. The van der Waals surface area contributed by atoms with Crippen LogP contribution in [0, 0.1) is 6.92 Å². The summed E-state index contributed by atoms with van der Waals surface area (Å²) >= 11 is 3.40.